The summed E-state index contributed by atoms with van der Waals surface area (Å²) in [6, 6.07) is 16.1. The third-order valence-corrected chi connectivity index (χ3v) is 4.61. The Labute approximate surface area is 217 Å². The van der Waals surface area contributed by atoms with Crippen LogP contribution in [0.15, 0.2) is 60.7 Å². The second kappa shape index (κ2) is 16.4. The summed E-state index contributed by atoms with van der Waals surface area (Å²) in [7, 11) is 2.89. The second-order valence-electron chi connectivity index (χ2n) is 7.00. The molecule has 204 valence electrons. The zero-order valence-corrected chi connectivity index (χ0v) is 20.9. The first kappa shape index (κ1) is 32.7. The van der Waals surface area contributed by atoms with E-state index in [-0.39, 0.29) is 22.4 Å². The first-order chi connectivity index (χ1) is 17.8. The van der Waals surface area contributed by atoms with Gasteiger partial charge in [0.25, 0.3) is 0 Å². The number of para-hydroxylation sites is 2. The van der Waals surface area contributed by atoms with Gasteiger partial charge in [-0.05, 0) is 55.3 Å². The van der Waals surface area contributed by atoms with Crippen molar-refractivity contribution < 1.29 is 59.3 Å². The number of aromatic hydroxyl groups is 1. The van der Waals surface area contributed by atoms with Crippen molar-refractivity contribution in [3.8, 4) is 17.2 Å². The molecule has 0 aliphatic carbocycles. The number of rotatable bonds is 5. The Bertz CT molecular complexity index is 1190. The summed E-state index contributed by atoms with van der Waals surface area (Å²) < 4.78 is 9.65. The van der Waals surface area contributed by atoms with Crippen LogP contribution in [-0.2, 0) is 0 Å². The number of aromatic carboxylic acids is 3. The van der Waals surface area contributed by atoms with E-state index in [4.69, 9.17) is 39.8 Å². The van der Waals surface area contributed by atoms with Crippen LogP contribution in [0.5, 0.6) is 17.2 Å². The molecule has 38 heavy (non-hydrogen) atoms. The van der Waals surface area contributed by atoms with Gasteiger partial charge in [0.05, 0.1) is 14.2 Å². The molecule has 0 heterocycles. The smallest absolute Gasteiger partial charge is 0.503 e. The van der Waals surface area contributed by atoms with E-state index in [0.717, 1.165) is 5.56 Å². The number of carbonyl (C=O) groups is 4. The number of benzene rings is 3. The number of methoxy groups -OCH3 is 2. The van der Waals surface area contributed by atoms with Gasteiger partial charge in [0.1, 0.15) is 33.9 Å². The Kier molecular flexibility index (Phi) is 14.1. The highest BCUT2D eigenvalue weighted by Gasteiger charge is 2.12. The summed E-state index contributed by atoms with van der Waals surface area (Å²) in [6.45, 7) is 3.51. The SMILES string of the molecule is COc1ccccc1C(=O)O.COc1ccccc1C(=O)O.Cc1ccc(C(=O)O)c(O)c1C.O=C(O)O. The normalized spacial score (nSPS) is 9.05. The summed E-state index contributed by atoms with van der Waals surface area (Å²) in [6.07, 6.45) is -1.83. The molecule has 0 saturated heterocycles. The maximum atomic E-state index is 10.5. The summed E-state index contributed by atoms with van der Waals surface area (Å²) in [5.74, 6) is -2.40. The summed E-state index contributed by atoms with van der Waals surface area (Å²) >= 11 is 0. The van der Waals surface area contributed by atoms with E-state index >= 15 is 0 Å². The van der Waals surface area contributed by atoms with Crippen molar-refractivity contribution in [3.63, 3.8) is 0 Å². The Morgan fingerprint density at radius 1 is 0.579 bits per heavy atom. The molecule has 12 heteroatoms. The Morgan fingerprint density at radius 3 is 1.21 bits per heavy atom. The highest BCUT2D eigenvalue weighted by molar-refractivity contribution is 5.92. The molecule has 3 rings (SSSR count). The fourth-order valence-corrected chi connectivity index (χ4v) is 2.62. The largest absolute Gasteiger partial charge is 0.507 e. The molecule has 0 fully saturated rings. The average Bonchev–Trinajstić information content (AvgIpc) is 2.87. The average molecular weight is 532 g/mol. The minimum atomic E-state index is -1.83. The molecule has 12 nitrogen and oxygen atoms in total. The third-order valence-electron chi connectivity index (χ3n) is 4.61. The molecular weight excluding hydrogens is 504 g/mol. The number of hydrogen-bond donors (Lipinski definition) is 6. The number of carboxylic acids is 3. The quantitative estimate of drug-likeness (QED) is 0.264. The van der Waals surface area contributed by atoms with Gasteiger partial charge in [-0.25, -0.2) is 19.2 Å². The van der Waals surface area contributed by atoms with Gasteiger partial charge in [0.2, 0.25) is 0 Å². The van der Waals surface area contributed by atoms with Crippen molar-refractivity contribution in [3.05, 3.63) is 88.5 Å². The lowest BCUT2D eigenvalue weighted by Crippen LogP contribution is -1.99. The maximum absolute atomic E-state index is 10.5. The third kappa shape index (κ3) is 11.0. The molecule has 0 spiro atoms. The molecule has 0 radical (unpaired) electrons. The molecule has 0 aliphatic rings. The maximum Gasteiger partial charge on any atom is 0.503 e. The number of phenols is 1. The van der Waals surface area contributed by atoms with Gasteiger partial charge < -0.3 is 40.1 Å². The first-order valence-corrected chi connectivity index (χ1v) is 10.4. The molecule has 0 amide bonds. The van der Waals surface area contributed by atoms with Gasteiger partial charge in [-0.15, -0.1) is 0 Å². The van der Waals surface area contributed by atoms with Crippen molar-refractivity contribution in [2.75, 3.05) is 14.2 Å². The molecule has 0 saturated carbocycles. The van der Waals surface area contributed by atoms with Crippen LogP contribution in [0.3, 0.4) is 0 Å². The van der Waals surface area contributed by atoms with Crippen molar-refractivity contribution in [1.29, 1.82) is 0 Å². The molecule has 3 aromatic rings. The van der Waals surface area contributed by atoms with Crippen LogP contribution in [-0.4, -0.2) is 68.9 Å². The van der Waals surface area contributed by atoms with Crippen LogP contribution in [0.25, 0.3) is 0 Å². The Morgan fingerprint density at radius 2 is 0.921 bits per heavy atom. The summed E-state index contributed by atoms with van der Waals surface area (Å²) in [4.78, 5) is 40.1. The van der Waals surface area contributed by atoms with Crippen molar-refractivity contribution >= 4 is 24.1 Å². The lowest BCUT2D eigenvalue weighted by atomic mass is 10.0. The monoisotopic (exact) mass is 532 g/mol. The standard InChI is InChI=1S/C9H10O3.2C8H8O3.CH2O3/c1-5-3-4-7(9(11)12)8(10)6(5)2;2*1-11-7-5-3-2-4-6(7)8(9)10;2-1(3)4/h3-4,10H,1-2H3,(H,11,12);2*2-5H,1H3,(H,9,10);(H2,2,3,4). The van der Waals surface area contributed by atoms with Crippen molar-refractivity contribution in [2.45, 2.75) is 13.8 Å². The van der Waals surface area contributed by atoms with Gasteiger partial charge >= 0.3 is 24.1 Å². The molecule has 6 N–H and O–H groups in total. The van der Waals surface area contributed by atoms with Gasteiger partial charge in [-0.2, -0.15) is 0 Å². The van der Waals surface area contributed by atoms with E-state index in [9.17, 15) is 19.5 Å². The Balaban J connectivity index is 0.000000505. The van der Waals surface area contributed by atoms with E-state index in [2.05, 4.69) is 0 Å². The van der Waals surface area contributed by atoms with Gasteiger partial charge in [0.15, 0.2) is 0 Å². The van der Waals surface area contributed by atoms with Crippen LogP contribution in [0, 0.1) is 13.8 Å². The van der Waals surface area contributed by atoms with E-state index in [0.29, 0.717) is 17.1 Å². The molecule has 0 bridgehead atoms. The van der Waals surface area contributed by atoms with Crippen LogP contribution >= 0.6 is 0 Å². The highest BCUT2D eigenvalue weighted by Crippen LogP contribution is 2.24. The van der Waals surface area contributed by atoms with Gasteiger partial charge in [-0.3, -0.25) is 0 Å². The van der Waals surface area contributed by atoms with Crippen molar-refractivity contribution in [1.82, 2.24) is 0 Å². The first-order valence-electron chi connectivity index (χ1n) is 10.4. The molecular formula is C26H28O12. The molecule has 0 unspecified atom stereocenters. The molecule has 0 atom stereocenters. The molecule has 0 aliphatic heterocycles. The van der Waals surface area contributed by atoms with Gasteiger partial charge in [-0.1, -0.05) is 30.3 Å². The topological polar surface area (TPSA) is 208 Å². The minimum Gasteiger partial charge on any atom is -0.507 e. The van der Waals surface area contributed by atoms with Crippen molar-refractivity contribution in [2.24, 2.45) is 0 Å². The lowest BCUT2D eigenvalue weighted by molar-refractivity contribution is 0.0682. The summed E-state index contributed by atoms with van der Waals surface area (Å²) in [5, 5.41) is 49.2. The molecule has 3 aromatic carbocycles. The fraction of sp³-hybridized carbons (Fsp3) is 0.154. The number of carboxylic acid groups (broad SMARTS) is 5. The van der Waals surface area contributed by atoms with E-state index in [1.54, 1.807) is 49.4 Å². The van der Waals surface area contributed by atoms with Crippen LogP contribution in [0.1, 0.15) is 42.2 Å². The predicted molar refractivity (Wildman–Crippen MR) is 135 cm³/mol. The van der Waals surface area contributed by atoms with Crippen LogP contribution in [0.2, 0.25) is 0 Å². The minimum absolute atomic E-state index is 0.0434. The van der Waals surface area contributed by atoms with E-state index < -0.39 is 24.1 Å². The molecule has 0 aromatic heterocycles. The number of ether oxygens (including phenoxy) is 2. The number of hydrogen-bond acceptors (Lipinski definition) is 7. The second-order valence-corrected chi connectivity index (χ2v) is 7.00. The highest BCUT2D eigenvalue weighted by atomic mass is 16.6. The van der Waals surface area contributed by atoms with E-state index in [1.165, 1.54) is 32.4 Å². The summed E-state index contributed by atoms with van der Waals surface area (Å²) in [5.41, 5.74) is 1.84. The van der Waals surface area contributed by atoms with E-state index in [1.807, 2.05) is 6.92 Å². The zero-order valence-electron chi connectivity index (χ0n) is 20.9. The predicted octanol–water partition coefficient (Wildman–Crippen LogP) is 4.72. The Hall–Kier alpha value is -5.26. The zero-order chi connectivity index (χ0) is 29.4. The van der Waals surface area contributed by atoms with Crippen LogP contribution < -0.4 is 9.47 Å². The van der Waals surface area contributed by atoms with Crippen LogP contribution in [0.4, 0.5) is 4.79 Å². The lowest BCUT2D eigenvalue weighted by Gasteiger charge is -2.05. The van der Waals surface area contributed by atoms with Gasteiger partial charge in [0, 0.05) is 0 Å². The fourth-order valence-electron chi connectivity index (χ4n) is 2.62. The number of aryl methyl sites for hydroxylation is 1.